The second kappa shape index (κ2) is 13.6. The molecule has 2 amide bonds. The Bertz CT molecular complexity index is 1110. The van der Waals surface area contributed by atoms with Gasteiger partial charge in [0, 0.05) is 25.6 Å². The van der Waals surface area contributed by atoms with E-state index in [-0.39, 0.29) is 30.8 Å². The zero-order valence-corrected chi connectivity index (χ0v) is 23.2. The SMILES string of the molecule is CCc1ccc(N(CCCC(=O)N(CCc2ccccc2)C(C)C(=O)NC2CCCC2)S(C)(=O)=O)cc1. The van der Waals surface area contributed by atoms with Gasteiger partial charge in [-0.2, -0.15) is 0 Å². The van der Waals surface area contributed by atoms with Crippen molar-refractivity contribution in [2.24, 2.45) is 0 Å². The molecule has 1 aliphatic rings. The maximum absolute atomic E-state index is 13.4. The van der Waals surface area contributed by atoms with Crippen molar-refractivity contribution in [1.82, 2.24) is 10.2 Å². The summed E-state index contributed by atoms with van der Waals surface area (Å²) in [6.07, 6.45) is 7.43. The first-order chi connectivity index (χ1) is 17.7. The summed E-state index contributed by atoms with van der Waals surface area (Å²) in [6, 6.07) is 17.0. The predicted octanol–water partition coefficient (Wildman–Crippen LogP) is 4.31. The molecule has 2 aromatic rings. The lowest BCUT2D eigenvalue weighted by Gasteiger charge is -2.30. The normalized spacial score (nSPS) is 14.8. The van der Waals surface area contributed by atoms with Crippen LogP contribution < -0.4 is 9.62 Å². The topological polar surface area (TPSA) is 86.8 Å². The van der Waals surface area contributed by atoms with Crippen LogP contribution in [0.3, 0.4) is 0 Å². The minimum absolute atomic E-state index is 0.123. The van der Waals surface area contributed by atoms with Crippen molar-refractivity contribution in [2.75, 3.05) is 23.7 Å². The minimum atomic E-state index is -3.50. The molecule has 7 nitrogen and oxygen atoms in total. The Balaban J connectivity index is 1.66. The number of amides is 2. The third kappa shape index (κ3) is 8.59. The van der Waals surface area contributed by atoms with Crippen LogP contribution in [-0.2, 0) is 32.5 Å². The maximum Gasteiger partial charge on any atom is 0.242 e. The van der Waals surface area contributed by atoms with Gasteiger partial charge in [-0.1, -0.05) is 62.2 Å². The van der Waals surface area contributed by atoms with E-state index in [4.69, 9.17) is 0 Å². The first kappa shape index (κ1) is 28.7. The Labute approximate surface area is 222 Å². The Hall–Kier alpha value is -2.87. The number of nitrogens with zero attached hydrogens (tertiary/aromatic N) is 2. The number of carbonyl (C=O) groups is 2. The van der Waals surface area contributed by atoms with Crippen LogP contribution in [0.2, 0.25) is 0 Å². The van der Waals surface area contributed by atoms with E-state index in [1.807, 2.05) is 61.5 Å². The monoisotopic (exact) mass is 527 g/mol. The molecule has 8 heteroatoms. The summed E-state index contributed by atoms with van der Waals surface area (Å²) in [5.41, 5.74) is 2.83. The van der Waals surface area contributed by atoms with Gasteiger partial charge in [-0.25, -0.2) is 8.42 Å². The van der Waals surface area contributed by atoms with Crippen LogP contribution in [-0.4, -0.2) is 56.6 Å². The number of anilines is 1. The molecule has 0 saturated heterocycles. The number of benzene rings is 2. The smallest absolute Gasteiger partial charge is 0.242 e. The molecule has 1 saturated carbocycles. The van der Waals surface area contributed by atoms with E-state index in [0.717, 1.165) is 43.2 Å². The molecule has 1 unspecified atom stereocenters. The Morgan fingerprint density at radius 2 is 1.62 bits per heavy atom. The highest BCUT2D eigenvalue weighted by molar-refractivity contribution is 7.92. The number of carbonyl (C=O) groups excluding carboxylic acids is 2. The molecule has 0 spiro atoms. The van der Waals surface area contributed by atoms with Crippen LogP contribution in [0.1, 0.15) is 63.5 Å². The molecule has 1 atom stereocenters. The van der Waals surface area contributed by atoms with Crippen molar-refractivity contribution in [3.05, 3.63) is 65.7 Å². The van der Waals surface area contributed by atoms with Gasteiger partial charge in [-0.05, 0) is 62.3 Å². The van der Waals surface area contributed by atoms with Crippen LogP contribution >= 0.6 is 0 Å². The number of hydrogen-bond acceptors (Lipinski definition) is 4. The average molecular weight is 528 g/mol. The van der Waals surface area contributed by atoms with Crippen LogP contribution in [0.5, 0.6) is 0 Å². The average Bonchev–Trinajstić information content (AvgIpc) is 3.39. The summed E-state index contributed by atoms with van der Waals surface area (Å²) in [4.78, 5) is 28.0. The largest absolute Gasteiger partial charge is 0.352 e. The predicted molar refractivity (Wildman–Crippen MR) is 149 cm³/mol. The summed E-state index contributed by atoms with van der Waals surface area (Å²) in [6.45, 7) is 4.46. The van der Waals surface area contributed by atoms with E-state index >= 15 is 0 Å². The number of rotatable bonds is 13. The maximum atomic E-state index is 13.4. The fraction of sp³-hybridized carbons (Fsp3) is 0.517. The van der Waals surface area contributed by atoms with Crippen molar-refractivity contribution >= 4 is 27.5 Å². The molecule has 0 bridgehead atoms. The first-order valence-electron chi connectivity index (χ1n) is 13.4. The van der Waals surface area contributed by atoms with Gasteiger partial charge < -0.3 is 10.2 Å². The van der Waals surface area contributed by atoms with Gasteiger partial charge in [0.2, 0.25) is 21.8 Å². The lowest BCUT2D eigenvalue weighted by atomic mass is 10.1. The molecule has 0 aliphatic heterocycles. The Kier molecular flexibility index (Phi) is 10.6. The molecule has 1 aliphatic carbocycles. The second-order valence-electron chi connectivity index (χ2n) is 9.95. The first-order valence-corrected chi connectivity index (χ1v) is 15.2. The summed E-state index contributed by atoms with van der Waals surface area (Å²) in [5, 5.41) is 3.12. The molecule has 0 aromatic heterocycles. The van der Waals surface area contributed by atoms with Gasteiger partial charge in [0.15, 0.2) is 0 Å². The molecular weight excluding hydrogens is 486 g/mol. The van der Waals surface area contributed by atoms with E-state index in [0.29, 0.717) is 25.1 Å². The second-order valence-corrected chi connectivity index (χ2v) is 11.9. The van der Waals surface area contributed by atoms with Crippen LogP contribution in [0, 0.1) is 0 Å². The third-order valence-corrected chi connectivity index (χ3v) is 8.33. The molecule has 37 heavy (non-hydrogen) atoms. The number of sulfonamides is 1. The number of hydrogen-bond donors (Lipinski definition) is 1. The lowest BCUT2D eigenvalue weighted by Crippen LogP contribution is -2.50. The van der Waals surface area contributed by atoms with Crippen molar-refractivity contribution in [3.8, 4) is 0 Å². The molecule has 0 radical (unpaired) electrons. The van der Waals surface area contributed by atoms with Gasteiger partial charge >= 0.3 is 0 Å². The fourth-order valence-corrected chi connectivity index (χ4v) is 5.83. The molecule has 1 N–H and O–H groups in total. The summed E-state index contributed by atoms with van der Waals surface area (Å²) in [5.74, 6) is -0.262. The van der Waals surface area contributed by atoms with Gasteiger partial charge in [0.25, 0.3) is 0 Å². The van der Waals surface area contributed by atoms with E-state index in [2.05, 4.69) is 5.32 Å². The van der Waals surface area contributed by atoms with E-state index in [1.54, 1.807) is 11.8 Å². The summed E-state index contributed by atoms with van der Waals surface area (Å²) in [7, 11) is -3.50. The Morgan fingerprint density at radius 3 is 2.22 bits per heavy atom. The van der Waals surface area contributed by atoms with Gasteiger partial charge in [-0.15, -0.1) is 0 Å². The van der Waals surface area contributed by atoms with E-state index < -0.39 is 16.1 Å². The van der Waals surface area contributed by atoms with Crippen LogP contribution in [0.25, 0.3) is 0 Å². The number of aryl methyl sites for hydroxylation is 1. The van der Waals surface area contributed by atoms with E-state index in [1.165, 1.54) is 10.6 Å². The molecular formula is C29H41N3O4S. The highest BCUT2D eigenvalue weighted by atomic mass is 32.2. The number of nitrogens with one attached hydrogen (secondary N) is 1. The van der Waals surface area contributed by atoms with Gasteiger partial charge in [0.1, 0.15) is 6.04 Å². The molecule has 3 rings (SSSR count). The van der Waals surface area contributed by atoms with Crippen LogP contribution in [0.4, 0.5) is 5.69 Å². The van der Waals surface area contributed by atoms with Crippen LogP contribution in [0.15, 0.2) is 54.6 Å². The summed E-state index contributed by atoms with van der Waals surface area (Å²) >= 11 is 0. The summed E-state index contributed by atoms with van der Waals surface area (Å²) < 4.78 is 26.3. The van der Waals surface area contributed by atoms with Gasteiger partial charge in [0.05, 0.1) is 11.9 Å². The van der Waals surface area contributed by atoms with Crippen molar-refractivity contribution in [3.63, 3.8) is 0 Å². The molecule has 1 fully saturated rings. The molecule has 0 heterocycles. The fourth-order valence-electron chi connectivity index (χ4n) is 4.86. The molecule has 2 aromatic carbocycles. The minimum Gasteiger partial charge on any atom is -0.352 e. The van der Waals surface area contributed by atoms with Crippen molar-refractivity contribution in [1.29, 1.82) is 0 Å². The van der Waals surface area contributed by atoms with E-state index in [9.17, 15) is 18.0 Å². The highest BCUT2D eigenvalue weighted by Crippen LogP contribution is 2.21. The standard InChI is InChI=1S/C29H41N3O4S/c1-4-24-16-18-27(19-17-24)32(37(3,35)36)21-10-15-28(33)31(22-20-25-11-6-5-7-12-25)23(2)29(34)30-26-13-8-9-14-26/h5-7,11-12,16-19,23,26H,4,8-10,13-15,20-22H2,1-3H3,(H,30,34). The highest BCUT2D eigenvalue weighted by Gasteiger charge is 2.28. The molecule has 202 valence electrons. The zero-order chi connectivity index (χ0) is 26.8. The van der Waals surface area contributed by atoms with Gasteiger partial charge in [-0.3, -0.25) is 13.9 Å². The zero-order valence-electron chi connectivity index (χ0n) is 22.4. The van der Waals surface area contributed by atoms with Crippen molar-refractivity contribution < 1.29 is 18.0 Å². The quantitative estimate of drug-likeness (QED) is 0.421. The van der Waals surface area contributed by atoms with Crippen molar-refractivity contribution in [2.45, 2.75) is 77.3 Å². The Morgan fingerprint density at radius 1 is 0.973 bits per heavy atom. The third-order valence-electron chi connectivity index (χ3n) is 7.14. The lowest BCUT2D eigenvalue weighted by molar-refractivity contribution is -0.140.